The van der Waals surface area contributed by atoms with Gasteiger partial charge in [0, 0.05) is 18.3 Å². The van der Waals surface area contributed by atoms with Crippen LogP contribution in [-0.4, -0.2) is 52.8 Å². The van der Waals surface area contributed by atoms with E-state index in [4.69, 9.17) is 21.1 Å². The molecule has 1 aliphatic rings. The van der Waals surface area contributed by atoms with Crippen molar-refractivity contribution in [1.29, 1.82) is 0 Å². The molecule has 1 aliphatic heterocycles. The first-order valence-electron chi connectivity index (χ1n) is 10.7. The number of anilines is 1. The van der Waals surface area contributed by atoms with E-state index < -0.39 is 0 Å². The Morgan fingerprint density at radius 3 is 2.58 bits per heavy atom. The molecule has 2 amide bonds. The standard InChI is InChI=1S/C24H25ClN4O4/c1-3-28(15-21(30)26-18-9-10-19-20(13-18)33-12-11-32-19)24(31)22-16(2)27-29(23(22)25)14-17-7-5-4-6-8-17/h4-10,13H,3,11-12,14-15H2,1-2H3,(H,26,30). The molecule has 172 valence electrons. The summed E-state index contributed by atoms with van der Waals surface area (Å²) in [4.78, 5) is 27.3. The van der Waals surface area contributed by atoms with Gasteiger partial charge in [-0.05, 0) is 31.5 Å². The fourth-order valence-corrected chi connectivity index (χ4v) is 3.95. The van der Waals surface area contributed by atoms with Gasteiger partial charge in [0.05, 0.1) is 17.8 Å². The summed E-state index contributed by atoms with van der Waals surface area (Å²) in [6, 6.07) is 14.9. The molecule has 0 saturated heterocycles. The van der Waals surface area contributed by atoms with E-state index in [1.807, 2.05) is 37.3 Å². The Balaban J connectivity index is 1.45. The van der Waals surface area contributed by atoms with E-state index in [0.29, 0.717) is 54.7 Å². The minimum atomic E-state index is -0.336. The highest BCUT2D eigenvalue weighted by Gasteiger charge is 2.26. The Morgan fingerprint density at radius 1 is 1.12 bits per heavy atom. The van der Waals surface area contributed by atoms with Crippen molar-refractivity contribution in [3.63, 3.8) is 0 Å². The Morgan fingerprint density at radius 2 is 1.85 bits per heavy atom. The molecular formula is C24H25ClN4O4. The van der Waals surface area contributed by atoms with Gasteiger partial charge in [-0.2, -0.15) is 5.10 Å². The van der Waals surface area contributed by atoms with Gasteiger partial charge in [0.1, 0.15) is 24.9 Å². The van der Waals surface area contributed by atoms with E-state index in [9.17, 15) is 9.59 Å². The number of carbonyl (C=O) groups excluding carboxylic acids is 2. The maximum Gasteiger partial charge on any atom is 0.259 e. The van der Waals surface area contributed by atoms with Crippen molar-refractivity contribution in [1.82, 2.24) is 14.7 Å². The van der Waals surface area contributed by atoms with E-state index >= 15 is 0 Å². The fourth-order valence-electron chi connectivity index (χ4n) is 3.64. The monoisotopic (exact) mass is 468 g/mol. The lowest BCUT2D eigenvalue weighted by Gasteiger charge is -2.21. The van der Waals surface area contributed by atoms with Crippen molar-refractivity contribution in [2.75, 3.05) is 31.6 Å². The summed E-state index contributed by atoms with van der Waals surface area (Å²) >= 11 is 6.54. The van der Waals surface area contributed by atoms with Crippen LogP contribution in [0.1, 0.15) is 28.5 Å². The number of aromatic nitrogens is 2. The summed E-state index contributed by atoms with van der Waals surface area (Å²) in [6.07, 6.45) is 0. The van der Waals surface area contributed by atoms with Crippen LogP contribution in [0.25, 0.3) is 0 Å². The highest BCUT2D eigenvalue weighted by Crippen LogP contribution is 2.32. The van der Waals surface area contributed by atoms with Gasteiger partial charge < -0.3 is 19.7 Å². The molecule has 1 N–H and O–H groups in total. The van der Waals surface area contributed by atoms with Crippen LogP contribution in [0.2, 0.25) is 5.15 Å². The number of amides is 2. The third kappa shape index (κ3) is 5.12. The number of aryl methyl sites for hydroxylation is 1. The third-order valence-corrected chi connectivity index (χ3v) is 5.67. The number of halogens is 1. The van der Waals surface area contributed by atoms with Crippen LogP contribution in [0.15, 0.2) is 48.5 Å². The van der Waals surface area contributed by atoms with Crippen LogP contribution in [0.5, 0.6) is 11.5 Å². The Labute approximate surface area is 197 Å². The van der Waals surface area contributed by atoms with Crippen LogP contribution >= 0.6 is 11.6 Å². The van der Waals surface area contributed by atoms with Crippen molar-refractivity contribution in [3.8, 4) is 11.5 Å². The van der Waals surface area contributed by atoms with Crippen molar-refractivity contribution >= 4 is 29.1 Å². The SMILES string of the molecule is CCN(CC(=O)Nc1ccc2c(c1)OCCO2)C(=O)c1c(C)nn(Cc2ccccc2)c1Cl. The van der Waals surface area contributed by atoms with Gasteiger partial charge in [-0.15, -0.1) is 0 Å². The molecule has 0 radical (unpaired) electrons. The first kappa shape index (κ1) is 22.7. The average Bonchev–Trinajstić information content (AvgIpc) is 3.10. The van der Waals surface area contributed by atoms with Crippen LogP contribution in [-0.2, 0) is 11.3 Å². The second-order valence-electron chi connectivity index (χ2n) is 7.62. The maximum absolute atomic E-state index is 13.2. The molecule has 4 rings (SSSR count). The minimum Gasteiger partial charge on any atom is -0.486 e. The summed E-state index contributed by atoms with van der Waals surface area (Å²) in [5, 5.41) is 7.51. The number of rotatable bonds is 7. The Kier molecular flexibility index (Phi) is 6.84. The largest absolute Gasteiger partial charge is 0.486 e. The number of carbonyl (C=O) groups is 2. The molecule has 0 saturated carbocycles. The molecular weight excluding hydrogens is 444 g/mol. The molecule has 1 aromatic heterocycles. The summed E-state index contributed by atoms with van der Waals surface area (Å²) < 4.78 is 12.6. The summed E-state index contributed by atoms with van der Waals surface area (Å²) in [5.41, 5.74) is 2.41. The lowest BCUT2D eigenvalue weighted by molar-refractivity contribution is -0.116. The number of fused-ring (bicyclic) bond motifs is 1. The van der Waals surface area contributed by atoms with Crippen molar-refractivity contribution < 1.29 is 19.1 Å². The predicted octanol–water partition coefficient (Wildman–Crippen LogP) is 3.77. The van der Waals surface area contributed by atoms with Gasteiger partial charge in [0.2, 0.25) is 5.91 Å². The molecule has 0 fully saturated rings. The normalized spacial score (nSPS) is 12.3. The molecule has 0 aliphatic carbocycles. The molecule has 2 aromatic carbocycles. The van der Waals surface area contributed by atoms with E-state index in [2.05, 4.69) is 10.4 Å². The molecule has 0 atom stereocenters. The van der Waals surface area contributed by atoms with Crippen LogP contribution in [0.4, 0.5) is 5.69 Å². The quantitative estimate of drug-likeness (QED) is 0.570. The summed E-state index contributed by atoms with van der Waals surface area (Å²) in [6.45, 7) is 5.17. The maximum atomic E-state index is 13.2. The summed E-state index contributed by atoms with van der Waals surface area (Å²) in [5.74, 6) is 0.557. The van der Waals surface area contributed by atoms with Crippen LogP contribution < -0.4 is 14.8 Å². The van der Waals surface area contributed by atoms with Crippen LogP contribution in [0.3, 0.4) is 0 Å². The Bertz CT molecular complexity index is 1160. The third-order valence-electron chi connectivity index (χ3n) is 5.28. The predicted molar refractivity (Wildman–Crippen MR) is 125 cm³/mol. The van der Waals surface area contributed by atoms with E-state index in [-0.39, 0.29) is 23.5 Å². The first-order chi connectivity index (χ1) is 16.0. The van der Waals surface area contributed by atoms with Crippen molar-refractivity contribution in [2.45, 2.75) is 20.4 Å². The number of nitrogens with one attached hydrogen (secondary N) is 1. The second-order valence-corrected chi connectivity index (χ2v) is 7.98. The van der Waals surface area contributed by atoms with Gasteiger partial charge in [0.15, 0.2) is 11.5 Å². The number of hydrogen-bond acceptors (Lipinski definition) is 5. The van der Waals surface area contributed by atoms with Crippen molar-refractivity contribution in [2.24, 2.45) is 0 Å². The van der Waals surface area contributed by atoms with Crippen molar-refractivity contribution in [3.05, 3.63) is 70.5 Å². The summed E-state index contributed by atoms with van der Waals surface area (Å²) in [7, 11) is 0. The zero-order valence-electron chi connectivity index (χ0n) is 18.5. The van der Waals surface area contributed by atoms with Gasteiger partial charge in [-0.25, -0.2) is 4.68 Å². The average molecular weight is 469 g/mol. The van der Waals surface area contributed by atoms with Gasteiger partial charge in [-0.3, -0.25) is 9.59 Å². The first-order valence-corrected chi connectivity index (χ1v) is 11.1. The molecule has 2 heterocycles. The molecule has 8 nitrogen and oxygen atoms in total. The van der Waals surface area contributed by atoms with E-state index in [1.165, 1.54) is 4.90 Å². The highest BCUT2D eigenvalue weighted by molar-refractivity contribution is 6.33. The van der Waals surface area contributed by atoms with E-state index in [0.717, 1.165) is 5.56 Å². The lowest BCUT2D eigenvalue weighted by atomic mass is 10.2. The Hall–Kier alpha value is -3.52. The molecule has 0 spiro atoms. The van der Waals surface area contributed by atoms with Gasteiger partial charge in [0.25, 0.3) is 5.91 Å². The van der Waals surface area contributed by atoms with E-state index in [1.54, 1.807) is 29.8 Å². The molecule has 3 aromatic rings. The zero-order valence-corrected chi connectivity index (χ0v) is 19.3. The fraction of sp³-hybridized carbons (Fsp3) is 0.292. The second kappa shape index (κ2) is 9.95. The lowest BCUT2D eigenvalue weighted by Crippen LogP contribution is -2.38. The molecule has 0 bridgehead atoms. The number of nitrogens with zero attached hydrogens (tertiary/aromatic N) is 3. The minimum absolute atomic E-state index is 0.122. The topological polar surface area (TPSA) is 85.7 Å². The van der Waals surface area contributed by atoms with Gasteiger partial charge in [-0.1, -0.05) is 41.9 Å². The smallest absolute Gasteiger partial charge is 0.259 e. The molecule has 33 heavy (non-hydrogen) atoms. The highest BCUT2D eigenvalue weighted by atomic mass is 35.5. The number of benzene rings is 2. The van der Waals surface area contributed by atoms with Crippen LogP contribution in [0, 0.1) is 6.92 Å². The van der Waals surface area contributed by atoms with Gasteiger partial charge >= 0.3 is 0 Å². The zero-order chi connectivity index (χ0) is 23.4. The number of ether oxygens (including phenoxy) is 2. The molecule has 9 heteroatoms. The number of likely N-dealkylation sites (N-methyl/N-ethyl adjacent to an activating group) is 1. The molecule has 0 unspecified atom stereocenters. The number of hydrogen-bond donors (Lipinski definition) is 1.